The fourth-order valence-corrected chi connectivity index (χ4v) is 7.13. The first-order chi connectivity index (χ1) is 11.7. The van der Waals surface area contributed by atoms with Crippen molar-refractivity contribution in [3.05, 3.63) is 5.82 Å². The zero-order valence-electron chi connectivity index (χ0n) is 14.5. The first-order valence-corrected chi connectivity index (χ1v) is 10.7. The van der Waals surface area contributed by atoms with Crippen molar-refractivity contribution in [2.45, 2.75) is 75.9 Å². The molecule has 4 bridgehead atoms. The number of carbonyl (C=O) groups excluding carboxylic acids is 1. The second kappa shape index (κ2) is 5.58. The van der Waals surface area contributed by atoms with E-state index in [0.29, 0.717) is 17.5 Å². The number of rotatable bonds is 6. The molecule has 0 radical (unpaired) electrons. The van der Waals surface area contributed by atoms with Gasteiger partial charge in [0.15, 0.2) is 5.16 Å². The Balaban J connectivity index is 1.29. The zero-order valence-corrected chi connectivity index (χ0v) is 15.4. The lowest BCUT2D eigenvalue weighted by Gasteiger charge is -2.56. The van der Waals surface area contributed by atoms with Crippen molar-refractivity contribution in [2.75, 3.05) is 5.75 Å². The molecule has 0 N–H and O–H groups in total. The maximum absolute atomic E-state index is 13.1. The highest BCUT2D eigenvalue weighted by molar-refractivity contribution is 7.99. The maximum atomic E-state index is 13.1. The third-order valence-corrected chi connectivity index (χ3v) is 7.93. The van der Waals surface area contributed by atoms with E-state index in [0.717, 1.165) is 35.3 Å². The van der Waals surface area contributed by atoms with E-state index in [1.54, 1.807) is 11.8 Å². The molecule has 0 aromatic carbocycles. The lowest BCUT2D eigenvalue weighted by Crippen LogP contribution is -2.50. The van der Waals surface area contributed by atoms with Gasteiger partial charge in [-0.05, 0) is 76.0 Å². The summed E-state index contributed by atoms with van der Waals surface area (Å²) in [7, 11) is 0. The van der Waals surface area contributed by atoms with E-state index in [1.807, 2.05) is 0 Å². The molecule has 1 aromatic rings. The molecular weight excluding hydrogens is 318 g/mol. The van der Waals surface area contributed by atoms with Crippen molar-refractivity contribution in [1.29, 1.82) is 0 Å². The molecule has 24 heavy (non-hydrogen) atoms. The second-order valence-corrected chi connectivity index (χ2v) is 9.71. The SMILES string of the molecule is CCn1c(SCC(=O)C23CC4CC(CC(C4)C2)C3)nnc1C1CC1. The molecule has 0 saturated heterocycles. The van der Waals surface area contributed by atoms with Crippen LogP contribution in [-0.4, -0.2) is 26.3 Å². The summed E-state index contributed by atoms with van der Waals surface area (Å²) in [6.45, 7) is 3.06. The number of ketones is 1. The maximum Gasteiger partial charge on any atom is 0.191 e. The molecule has 5 fully saturated rings. The van der Waals surface area contributed by atoms with Gasteiger partial charge in [0.25, 0.3) is 0 Å². The summed E-state index contributed by atoms with van der Waals surface area (Å²) >= 11 is 1.63. The van der Waals surface area contributed by atoms with Crippen LogP contribution in [0.25, 0.3) is 0 Å². The van der Waals surface area contributed by atoms with Crippen LogP contribution < -0.4 is 0 Å². The predicted octanol–water partition coefficient (Wildman–Crippen LogP) is 4.05. The monoisotopic (exact) mass is 345 g/mol. The van der Waals surface area contributed by atoms with Gasteiger partial charge >= 0.3 is 0 Å². The highest BCUT2D eigenvalue weighted by atomic mass is 32.2. The Hall–Kier alpha value is -0.840. The van der Waals surface area contributed by atoms with Gasteiger partial charge in [0.1, 0.15) is 11.6 Å². The van der Waals surface area contributed by atoms with Crippen LogP contribution in [0.1, 0.15) is 70.0 Å². The van der Waals surface area contributed by atoms with E-state index in [4.69, 9.17) is 0 Å². The first kappa shape index (κ1) is 15.4. The van der Waals surface area contributed by atoms with Crippen molar-refractivity contribution < 1.29 is 4.79 Å². The van der Waals surface area contributed by atoms with Crippen LogP contribution in [0.15, 0.2) is 5.16 Å². The lowest BCUT2D eigenvalue weighted by atomic mass is 9.48. The minimum atomic E-state index is 0.0259. The molecule has 0 aliphatic heterocycles. The summed E-state index contributed by atoms with van der Waals surface area (Å²) in [5, 5.41) is 9.75. The summed E-state index contributed by atoms with van der Waals surface area (Å²) in [5.41, 5.74) is 0.0259. The van der Waals surface area contributed by atoms with Gasteiger partial charge < -0.3 is 4.57 Å². The van der Waals surface area contributed by atoms with E-state index in [-0.39, 0.29) is 5.41 Å². The van der Waals surface area contributed by atoms with E-state index in [1.165, 1.54) is 51.4 Å². The van der Waals surface area contributed by atoms with Crippen molar-refractivity contribution in [1.82, 2.24) is 14.8 Å². The molecule has 130 valence electrons. The molecule has 5 aliphatic carbocycles. The summed E-state index contributed by atoms with van der Waals surface area (Å²) in [4.78, 5) is 13.1. The number of nitrogens with zero attached hydrogens (tertiary/aromatic N) is 3. The summed E-state index contributed by atoms with van der Waals surface area (Å²) in [5.74, 6) is 5.37. The molecule has 0 unspecified atom stereocenters. The molecule has 0 spiro atoms. The van der Waals surface area contributed by atoms with Crippen LogP contribution in [0.3, 0.4) is 0 Å². The third kappa shape index (κ3) is 2.46. The normalized spacial score (nSPS) is 37.1. The van der Waals surface area contributed by atoms with Crippen molar-refractivity contribution in [3.63, 3.8) is 0 Å². The van der Waals surface area contributed by atoms with Crippen molar-refractivity contribution >= 4 is 17.5 Å². The molecule has 1 heterocycles. The molecule has 5 saturated carbocycles. The highest BCUT2D eigenvalue weighted by Crippen LogP contribution is 2.60. The van der Waals surface area contributed by atoms with Crippen LogP contribution in [0.5, 0.6) is 0 Å². The molecular formula is C19H27N3OS. The Bertz CT molecular complexity index is 628. The van der Waals surface area contributed by atoms with Crippen molar-refractivity contribution in [2.24, 2.45) is 23.2 Å². The summed E-state index contributed by atoms with van der Waals surface area (Å²) < 4.78 is 2.23. The average Bonchev–Trinajstić information content (AvgIpc) is 3.31. The van der Waals surface area contributed by atoms with E-state index >= 15 is 0 Å². The van der Waals surface area contributed by atoms with Gasteiger partial charge in [0, 0.05) is 17.9 Å². The van der Waals surface area contributed by atoms with Gasteiger partial charge in [0.05, 0.1) is 5.75 Å². The Labute approximate surface area is 148 Å². The predicted molar refractivity (Wildman–Crippen MR) is 94.0 cm³/mol. The van der Waals surface area contributed by atoms with Gasteiger partial charge in [0.2, 0.25) is 0 Å². The number of hydrogen-bond acceptors (Lipinski definition) is 4. The summed E-state index contributed by atoms with van der Waals surface area (Å²) in [6, 6.07) is 0. The highest BCUT2D eigenvalue weighted by Gasteiger charge is 2.54. The van der Waals surface area contributed by atoms with Gasteiger partial charge in [-0.15, -0.1) is 10.2 Å². The molecule has 5 aliphatic rings. The smallest absolute Gasteiger partial charge is 0.191 e. The van der Waals surface area contributed by atoms with Crippen LogP contribution in [-0.2, 0) is 11.3 Å². The van der Waals surface area contributed by atoms with Gasteiger partial charge in [-0.3, -0.25) is 4.79 Å². The molecule has 1 aromatic heterocycles. The number of Topliss-reactive ketones (excluding diaryl/α,β-unsaturated/α-hetero) is 1. The standard InChI is InChI=1S/C19H27N3OS/c1-2-22-17(15-3-4-15)20-21-18(22)24-11-16(23)19-8-12-5-13(9-19)7-14(6-12)10-19/h12-15H,2-11H2,1H3. The number of carbonyl (C=O) groups is 1. The quantitative estimate of drug-likeness (QED) is 0.730. The van der Waals surface area contributed by atoms with E-state index in [9.17, 15) is 4.79 Å². The minimum absolute atomic E-state index is 0.0259. The van der Waals surface area contributed by atoms with Crippen LogP contribution in [0.4, 0.5) is 0 Å². The van der Waals surface area contributed by atoms with Crippen molar-refractivity contribution in [3.8, 4) is 0 Å². The molecule has 5 heteroatoms. The van der Waals surface area contributed by atoms with E-state index < -0.39 is 0 Å². The fourth-order valence-electron chi connectivity index (χ4n) is 6.08. The van der Waals surface area contributed by atoms with Crippen LogP contribution >= 0.6 is 11.8 Å². The Morgan fingerprint density at radius 3 is 2.29 bits per heavy atom. The van der Waals surface area contributed by atoms with Crippen LogP contribution in [0, 0.1) is 23.2 Å². The lowest BCUT2D eigenvalue weighted by molar-refractivity contribution is -0.141. The second-order valence-electron chi connectivity index (χ2n) is 8.77. The number of hydrogen-bond donors (Lipinski definition) is 0. The molecule has 4 nitrogen and oxygen atoms in total. The molecule has 6 rings (SSSR count). The van der Waals surface area contributed by atoms with Gasteiger partial charge in [-0.2, -0.15) is 0 Å². The minimum Gasteiger partial charge on any atom is -0.306 e. The Morgan fingerprint density at radius 1 is 1.12 bits per heavy atom. The van der Waals surface area contributed by atoms with E-state index in [2.05, 4.69) is 21.7 Å². The first-order valence-electron chi connectivity index (χ1n) is 9.76. The number of thioether (sulfide) groups is 1. The van der Waals surface area contributed by atoms with Gasteiger partial charge in [-0.1, -0.05) is 11.8 Å². The fraction of sp³-hybridized carbons (Fsp3) is 0.842. The summed E-state index contributed by atoms with van der Waals surface area (Å²) in [6.07, 6.45) is 10.2. The van der Waals surface area contributed by atoms with Crippen LogP contribution in [0.2, 0.25) is 0 Å². The Morgan fingerprint density at radius 2 is 1.75 bits per heavy atom. The zero-order chi connectivity index (χ0) is 16.3. The molecule has 0 atom stereocenters. The molecule has 0 amide bonds. The third-order valence-electron chi connectivity index (χ3n) is 6.97. The average molecular weight is 346 g/mol. The Kier molecular flexibility index (Phi) is 3.59. The topological polar surface area (TPSA) is 47.8 Å². The number of aromatic nitrogens is 3. The largest absolute Gasteiger partial charge is 0.306 e. The van der Waals surface area contributed by atoms with Gasteiger partial charge in [-0.25, -0.2) is 0 Å².